The average molecular weight is 281 g/mol. The Morgan fingerprint density at radius 1 is 1.10 bits per heavy atom. The molecule has 5 heteroatoms. The summed E-state index contributed by atoms with van der Waals surface area (Å²) in [6.45, 7) is 3.72. The van der Waals surface area contributed by atoms with Crippen molar-refractivity contribution in [1.82, 2.24) is 4.98 Å². The first-order valence-corrected chi connectivity index (χ1v) is 6.07. The van der Waals surface area contributed by atoms with E-state index in [4.69, 9.17) is 0 Å². The van der Waals surface area contributed by atoms with Gasteiger partial charge < -0.3 is 5.11 Å². The van der Waals surface area contributed by atoms with Crippen LogP contribution in [0.1, 0.15) is 34.1 Å². The Hall–Kier alpha value is -1.88. The molecule has 0 aliphatic carbocycles. The lowest BCUT2D eigenvalue weighted by Gasteiger charge is -2.15. The molecular weight excluding hydrogens is 267 g/mol. The highest BCUT2D eigenvalue weighted by molar-refractivity contribution is 5.36. The first-order chi connectivity index (χ1) is 9.29. The van der Waals surface area contributed by atoms with Crippen molar-refractivity contribution in [3.05, 3.63) is 64.5 Å². The monoisotopic (exact) mass is 281 g/mol. The highest BCUT2D eigenvalue weighted by Gasteiger charge is 2.31. The summed E-state index contributed by atoms with van der Waals surface area (Å²) in [6, 6.07) is 7.70. The Labute approximate surface area is 114 Å². The molecule has 20 heavy (non-hydrogen) atoms. The van der Waals surface area contributed by atoms with Crippen LogP contribution in [0.4, 0.5) is 13.2 Å². The Kier molecular flexibility index (Phi) is 3.81. The van der Waals surface area contributed by atoms with Crippen molar-refractivity contribution >= 4 is 0 Å². The third-order valence-corrected chi connectivity index (χ3v) is 3.12. The van der Waals surface area contributed by atoms with Gasteiger partial charge in [0.15, 0.2) is 0 Å². The number of pyridine rings is 1. The minimum Gasteiger partial charge on any atom is -0.382 e. The zero-order valence-corrected chi connectivity index (χ0v) is 11.1. The third kappa shape index (κ3) is 2.99. The van der Waals surface area contributed by atoms with Gasteiger partial charge in [0.25, 0.3) is 0 Å². The van der Waals surface area contributed by atoms with Crippen molar-refractivity contribution in [2.24, 2.45) is 0 Å². The van der Waals surface area contributed by atoms with Crippen molar-refractivity contribution < 1.29 is 18.3 Å². The second-order valence-electron chi connectivity index (χ2n) is 4.73. The number of aromatic nitrogens is 1. The number of rotatable bonds is 2. The van der Waals surface area contributed by atoms with Crippen LogP contribution in [-0.4, -0.2) is 10.1 Å². The molecule has 0 saturated heterocycles. The quantitative estimate of drug-likeness (QED) is 0.908. The molecule has 0 spiro atoms. The van der Waals surface area contributed by atoms with E-state index in [1.165, 1.54) is 6.07 Å². The molecule has 0 amide bonds. The minimum absolute atomic E-state index is 0.201. The molecule has 0 aliphatic rings. The van der Waals surface area contributed by atoms with Crippen LogP contribution in [0.5, 0.6) is 0 Å². The highest BCUT2D eigenvalue weighted by Crippen LogP contribution is 2.30. The van der Waals surface area contributed by atoms with Crippen LogP contribution in [0.2, 0.25) is 0 Å². The fourth-order valence-corrected chi connectivity index (χ4v) is 1.95. The van der Waals surface area contributed by atoms with Crippen LogP contribution < -0.4 is 0 Å². The van der Waals surface area contributed by atoms with E-state index in [9.17, 15) is 18.3 Å². The Bertz CT molecular complexity index is 606. The molecular formula is C15H14F3NO. The van der Waals surface area contributed by atoms with Crippen molar-refractivity contribution in [3.8, 4) is 0 Å². The zero-order chi connectivity index (χ0) is 14.9. The lowest BCUT2D eigenvalue weighted by atomic mass is 9.98. The van der Waals surface area contributed by atoms with Crippen LogP contribution in [0, 0.1) is 13.8 Å². The number of benzene rings is 1. The number of aliphatic hydroxyl groups excluding tert-OH is 1. The summed E-state index contributed by atoms with van der Waals surface area (Å²) in [4.78, 5) is 3.72. The Morgan fingerprint density at radius 3 is 2.35 bits per heavy atom. The summed E-state index contributed by atoms with van der Waals surface area (Å²) >= 11 is 0. The molecule has 2 aromatic rings. The van der Waals surface area contributed by atoms with Crippen molar-refractivity contribution in [1.29, 1.82) is 0 Å². The van der Waals surface area contributed by atoms with E-state index < -0.39 is 17.8 Å². The number of aliphatic hydroxyl groups is 1. The molecule has 2 nitrogen and oxygen atoms in total. The maximum Gasteiger partial charge on any atom is 0.417 e. The summed E-state index contributed by atoms with van der Waals surface area (Å²) in [5.41, 5.74) is 1.86. The third-order valence-electron chi connectivity index (χ3n) is 3.12. The molecule has 1 unspecified atom stereocenters. The van der Waals surface area contributed by atoms with Gasteiger partial charge in [-0.05, 0) is 37.1 Å². The van der Waals surface area contributed by atoms with Gasteiger partial charge in [-0.3, -0.25) is 4.98 Å². The van der Waals surface area contributed by atoms with Gasteiger partial charge in [-0.25, -0.2) is 0 Å². The van der Waals surface area contributed by atoms with E-state index in [1.54, 1.807) is 6.07 Å². The molecule has 1 atom stereocenters. The highest BCUT2D eigenvalue weighted by atomic mass is 19.4. The van der Waals surface area contributed by atoms with Crippen LogP contribution >= 0.6 is 0 Å². The van der Waals surface area contributed by atoms with Gasteiger partial charge in [-0.15, -0.1) is 0 Å². The summed E-state index contributed by atoms with van der Waals surface area (Å²) in [6.07, 6.45) is -4.71. The molecule has 0 radical (unpaired) electrons. The normalized spacial score (nSPS) is 13.3. The number of hydrogen-bond acceptors (Lipinski definition) is 2. The number of halogens is 3. The number of hydrogen-bond donors (Lipinski definition) is 1. The Balaban J connectivity index is 2.34. The number of alkyl halides is 3. The van der Waals surface area contributed by atoms with Crippen LogP contribution in [0.25, 0.3) is 0 Å². The van der Waals surface area contributed by atoms with E-state index in [1.807, 2.05) is 26.0 Å². The maximum atomic E-state index is 12.5. The average Bonchev–Trinajstić information content (AvgIpc) is 2.40. The summed E-state index contributed by atoms with van der Waals surface area (Å²) in [5.74, 6) is 0. The van der Waals surface area contributed by atoms with Crippen LogP contribution in [-0.2, 0) is 6.18 Å². The predicted molar refractivity (Wildman–Crippen MR) is 69.2 cm³/mol. The SMILES string of the molecule is Cc1ccc(C)c(C(O)c2ccc(C(F)(F)F)cn2)c1. The smallest absolute Gasteiger partial charge is 0.382 e. The van der Waals surface area contributed by atoms with Gasteiger partial charge in [0.1, 0.15) is 6.10 Å². The molecule has 1 heterocycles. The van der Waals surface area contributed by atoms with Gasteiger partial charge in [-0.2, -0.15) is 13.2 Å². The summed E-state index contributed by atoms with van der Waals surface area (Å²) in [7, 11) is 0. The van der Waals surface area contributed by atoms with Gasteiger partial charge in [0, 0.05) is 6.20 Å². The minimum atomic E-state index is -4.42. The molecule has 0 aliphatic heterocycles. The maximum absolute atomic E-state index is 12.5. The first-order valence-electron chi connectivity index (χ1n) is 6.07. The van der Waals surface area contributed by atoms with Gasteiger partial charge in [-0.1, -0.05) is 23.8 Å². The van der Waals surface area contributed by atoms with Gasteiger partial charge >= 0.3 is 6.18 Å². The largest absolute Gasteiger partial charge is 0.417 e. The standard InChI is InChI=1S/C15H14F3NO/c1-9-3-4-10(2)12(7-9)14(20)13-6-5-11(8-19-13)15(16,17)18/h3-8,14,20H,1-2H3. The lowest BCUT2D eigenvalue weighted by Crippen LogP contribution is -2.09. The van der Waals surface area contributed by atoms with E-state index >= 15 is 0 Å². The molecule has 0 bridgehead atoms. The summed E-state index contributed by atoms with van der Waals surface area (Å²) in [5, 5.41) is 10.2. The first kappa shape index (κ1) is 14.5. The predicted octanol–water partition coefficient (Wildman–Crippen LogP) is 3.80. The molecule has 1 N–H and O–H groups in total. The van der Waals surface area contributed by atoms with E-state index in [-0.39, 0.29) is 5.69 Å². The second-order valence-corrected chi connectivity index (χ2v) is 4.73. The van der Waals surface area contributed by atoms with Gasteiger partial charge in [0.05, 0.1) is 11.3 Å². The lowest BCUT2D eigenvalue weighted by molar-refractivity contribution is -0.137. The molecule has 106 valence electrons. The fourth-order valence-electron chi connectivity index (χ4n) is 1.95. The van der Waals surface area contributed by atoms with Crippen molar-refractivity contribution in [2.75, 3.05) is 0 Å². The van der Waals surface area contributed by atoms with E-state index in [0.29, 0.717) is 5.56 Å². The van der Waals surface area contributed by atoms with Gasteiger partial charge in [0.2, 0.25) is 0 Å². The molecule has 0 fully saturated rings. The Morgan fingerprint density at radius 2 is 1.80 bits per heavy atom. The molecule has 2 rings (SSSR count). The zero-order valence-electron chi connectivity index (χ0n) is 11.1. The fraction of sp³-hybridized carbons (Fsp3) is 0.267. The van der Waals surface area contributed by atoms with E-state index in [0.717, 1.165) is 23.4 Å². The molecule has 1 aromatic heterocycles. The van der Waals surface area contributed by atoms with Crippen molar-refractivity contribution in [2.45, 2.75) is 26.1 Å². The number of nitrogens with zero attached hydrogens (tertiary/aromatic N) is 1. The molecule has 0 saturated carbocycles. The van der Waals surface area contributed by atoms with Crippen LogP contribution in [0.3, 0.4) is 0 Å². The molecule has 1 aromatic carbocycles. The summed E-state index contributed by atoms with van der Waals surface area (Å²) < 4.78 is 37.4. The number of aryl methyl sites for hydroxylation is 2. The van der Waals surface area contributed by atoms with Crippen LogP contribution in [0.15, 0.2) is 36.5 Å². The second kappa shape index (κ2) is 5.25. The topological polar surface area (TPSA) is 33.1 Å². The van der Waals surface area contributed by atoms with Crippen molar-refractivity contribution in [3.63, 3.8) is 0 Å². The van der Waals surface area contributed by atoms with E-state index in [2.05, 4.69) is 4.98 Å².